The highest BCUT2D eigenvalue weighted by Gasteiger charge is 2.42. The van der Waals surface area contributed by atoms with Crippen LogP contribution in [0.4, 0.5) is 4.79 Å². The predicted octanol–water partition coefficient (Wildman–Crippen LogP) is 2.23. The average Bonchev–Trinajstić information content (AvgIpc) is 2.85. The second-order valence-electron chi connectivity index (χ2n) is 8.70. The average molecular weight is 339 g/mol. The number of nitrogens with one attached hydrogen (secondary N) is 1. The first kappa shape index (κ1) is 19.0. The molecule has 0 saturated carbocycles. The van der Waals surface area contributed by atoms with Crippen LogP contribution in [0.2, 0.25) is 0 Å². The van der Waals surface area contributed by atoms with Crippen molar-refractivity contribution in [2.45, 2.75) is 65.5 Å². The number of carbonyl (C=O) groups excluding carboxylic acids is 2. The zero-order valence-electron chi connectivity index (χ0n) is 15.9. The Kier molecular flexibility index (Phi) is 5.78. The van der Waals surface area contributed by atoms with Crippen LogP contribution in [0.15, 0.2) is 0 Å². The van der Waals surface area contributed by atoms with Crippen molar-refractivity contribution in [3.8, 4) is 0 Å². The molecular weight excluding hydrogens is 306 g/mol. The van der Waals surface area contributed by atoms with Gasteiger partial charge in [-0.3, -0.25) is 4.79 Å². The maximum absolute atomic E-state index is 12.5. The van der Waals surface area contributed by atoms with E-state index < -0.39 is 5.60 Å². The molecule has 2 aliphatic rings. The van der Waals surface area contributed by atoms with Crippen LogP contribution in [0.3, 0.4) is 0 Å². The van der Waals surface area contributed by atoms with Crippen molar-refractivity contribution in [3.05, 3.63) is 0 Å². The van der Waals surface area contributed by atoms with Gasteiger partial charge in [-0.05, 0) is 39.0 Å². The number of carbonyl (C=O) groups is 2. The van der Waals surface area contributed by atoms with Gasteiger partial charge in [-0.25, -0.2) is 4.79 Å². The molecule has 0 aromatic rings. The monoisotopic (exact) mass is 339 g/mol. The first-order valence-corrected chi connectivity index (χ1v) is 9.07. The molecule has 2 aliphatic heterocycles. The Balaban J connectivity index is 2.01. The third-order valence-corrected chi connectivity index (χ3v) is 4.82. The highest BCUT2D eigenvalue weighted by Crippen LogP contribution is 2.35. The lowest BCUT2D eigenvalue weighted by atomic mass is 9.82. The predicted molar refractivity (Wildman–Crippen MR) is 93.8 cm³/mol. The van der Waals surface area contributed by atoms with Crippen molar-refractivity contribution in [2.75, 3.05) is 32.7 Å². The highest BCUT2D eigenvalue weighted by atomic mass is 16.6. The third-order valence-electron chi connectivity index (χ3n) is 4.82. The molecule has 0 aromatic carbocycles. The second kappa shape index (κ2) is 7.30. The molecule has 2 fully saturated rings. The van der Waals surface area contributed by atoms with E-state index >= 15 is 0 Å². The second-order valence-corrected chi connectivity index (χ2v) is 8.70. The Morgan fingerprint density at radius 1 is 1.21 bits per heavy atom. The standard InChI is InChI=1S/C18H33N3O3/c1-17(2,3)24-16(23)21-10-6-7-14(21)18(4,5)13-20-11-8-15(22)19-9-12-20/h14H,6-13H2,1-5H3,(H,19,22). The van der Waals surface area contributed by atoms with Gasteiger partial charge < -0.3 is 19.9 Å². The summed E-state index contributed by atoms with van der Waals surface area (Å²) >= 11 is 0. The van der Waals surface area contributed by atoms with Gasteiger partial charge in [0.1, 0.15) is 5.60 Å². The zero-order chi connectivity index (χ0) is 18.0. The fourth-order valence-electron chi connectivity index (χ4n) is 3.77. The molecule has 0 radical (unpaired) electrons. The molecule has 6 heteroatoms. The van der Waals surface area contributed by atoms with Gasteiger partial charge in [0.25, 0.3) is 0 Å². The number of ether oxygens (including phenoxy) is 1. The van der Waals surface area contributed by atoms with E-state index in [1.165, 1.54) is 0 Å². The number of likely N-dealkylation sites (tertiary alicyclic amines) is 1. The maximum Gasteiger partial charge on any atom is 0.410 e. The molecule has 0 aromatic heterocycles. The summed E-state index contributed by atoms with van der Waals surface area (Å²) in [6.45, 7) is 14.2. The lowest BCUT2D eigenvalue weighted by molar-refractivity contribution is -0.120. The van der Waals surface area contributed by atoms with Crippen LogP contribution in [-0.4, -0.2) is 66.2 Å². The van der Waals surface area contributed by atoms with Gasteiger partial charge in [-0.15, -0.1) is 0 Å². The highest BCUT2D eigenvalue weighted by molar-refractivity contribution is 5.76. The molecule has 1 unspecified atom stereocenters. The van der Waals surface area contributed by atoms with E-state index in [4.69, 9.17) is 4.74 Å². The lowest BCUT2D eigenvalue weighted by Crippen LogP contribution is -2.50. The summed E-state index contributed by atoms with van der Waals surface area (Å²) in [5.74, 6) is 0.131. The molecule has 24 heavy (non-hydrogen) atoms. The van der Waals surface area contributed by atoms with Gasteiger partial charge in [0.2, 0.25) is 5.91 Å². The zero-order valence-corrected chi connectivity index (χ0v) is 15.9. The number of amides is 2. The van der Waals surface area contributed by atoms with E-state index in [2.05, 4.69) is 24.1 Å². The Bertz CT molecular complexity index is 471. The number of hydrogen-bond acceptors (Lipinski definition) is 4. The molecular formula is C18H33N3O3. The van der Waals surface area contributed by atoms with Crippen molar-refractivity contribution in [3.63, 3.8) is 0 Å². The lowest BCUT2D eigenvalue weighted by Gasteiger charge is -2.41. The van der Waals surface area contributed by atoms with Crippen LogP contribution in [-0.2, 0) is 9.53 Å². The molecule has 2 rings (SSSR count). The van der Waals surface area contributed by atoms with Gasteiger partial charge in [0.15, 0.2) is 0 Å². The first-order valence-electron chi connectivity index (χ1n) is 9.07. The summed E-state index contributed by atoms with van der Waals surface area (Å²) in [7, 11) is 0. The minimum absolute atomic E-state index is 0.0409. The molecule has 138 valence electrons. The van der Waals surface area contributed by atoms with E-state index in [-0.39, 0.29) is 23.5 Å². The van der Waals surface area contributed by atoms with Crippen molar-refractivity contribution in [2.24, 2.45) is 5.41 Å². The van der Waals surface area contributed by atoms with Crippen LogP contribution in [0, 0.1) is 5.41 Å². The molecule has 0 aliphatic carbocycles. The molecule has 6 nitrogen and oxygen atoms in total. The quantitative estimate of drug-likeness (QED) is 0.856. The van der Waals surface area contributed by atoms with Crippen molar-refractivity contribution >= 4 is 12.0 Å². The molecule has 2 amide bonds. The summed E-state index contributed by atoms with van der Waals surface area (Å²) in [5.41, 5.74) is -0.508. The topological polar surface area (TPSA) is 61.9 Å². The van der Waals surface area contributed by atoms with Crippen molar-refractivity contribution in [1.82, 2.24) is 15.1 Å². The summed E-state index contributed by atoms with van der Waals surface area (Å²) < 4.78 is 5.59. The summed E-state index contributed by atoms with van der Waals surface area (Å²) in [6, 6.07) is 0.180. The Morgan fingerprint density at radius 3 is 2.58 bits per heavy atom. The number of hydrogen-bond donors (Lipinski definition) is 1. The van der Waals surface area contributed by atoms with Crippen LogP contribution in [0.25, 0.3) is 0 Å². The minimum Gasteiger partial charge on any atom is -0.444 e. The molecule has 0 bridgehead atoms. The van der Waals surface area contributed by atoms with E-state index in [9.17, 15) is 9.59 Å². The molecule has 1 atom stereocenters. The summed E-state index contributed by atoms with van der Waals surface area (Å²) in [4.78, 5) is 28.3. The van der Waals surface area contributed by atoms with E-state index in [1.54, 1.807) is 0 Å². The minimum atomic E-state index is -0.467. The first-order chi connectivity index (χ1) is 11.1. The Labute approximate surface area is 145 Å². The molecule has 1 N–H and O–H groups in total. The van der Waals surface area contributed by atoms with Gasteiger partial charge >= 0.3 is 6.09 Å². The van der Waals surface area contributed by atoms with Gasteiger partial charge in [-0.1, -0.05) is 13.8 Å². The van der Waals surface area contributed by atoms with Crippen molar-refractivity contribution < 1.29 is 14.3 Å². The summed E-state index contributed by atoms with van der Waals surface area (Å²) in [5, 5.41) is 2.92. The fourth-order valence-corrected chi connectivity index (χ4v) is 3.77. The smallest absolute Gasteiger partial charge is 0.410 e. The normalized spacial score (nSPS) is 23.8. The molecule has 2 saturated heterocycles. The van der Waals surface area contributed by atoms with E-state index in [0.29, 0.717) is 13.0 Å². The van der Waals surface area contributed by atoms with Gasteiger partial charge in [-0.2, -0.15) is 0 Å². The van der Waals surface area contributed by atoms with Crippen LogP contribution in [0.1, 0.15) is 53.9 Å². The van der Waals surface area contributed by atoms with Gasteiger partial charge in [0.05, 0.1) is 0 Å². The third kappa shape index (κ3) is 5.10. The SMILES string of the molecule is CC(C)(C)OC(=O)N1CCCC1C(C)(C)CN1CCNC(=O)CC1. The maximum atomic E-state index is 12.5. The van der Waals surface area contributed by atoms with E-state index in [1.807, 2.05) is 25.7 Å². The Hall–Kier alpha value is -1.30. The van der Waals surface area contributed by atoms with Crippen molar-refractivity contribution in [1.29, 1.82) is 0 Å². The fraction of sp³-hybridized carbons (Fsp3) is 0.889. The van der Waals surface area contributed by atoms with Crippen LogP contribution in [0.5, 0.6) is 0 Å². The number of rotatable bonds is 3. The Morgan fingerprint density at radius 2 is 1.92 bits per heavy atom. The molecule has 0 spiro atoms. The van der Waals surface area contributed by atoms with E-state index in [0.717, 1.165) is 39.0 Å². The summed E-state index contributed by atoms with van der Waals surface area (Å²) in [6.07, 6.45) is 2.38. The number of nitrogens with zero attached hydrogens (tertiary/aromatic N) is 2. The van der Waals surface area contributed by atoms with Crippen LogP contribution >= 0.6 is 0 Å². The molecule has 2 heterocycles. The van der Waals surface area contributed by atoms with Crippen LogP contribution < -0.4 is 5.32 Å². The largest absolute Gasteiger partial charge is 0.444 e. The van der Waals surface area contributed by atoms with Gasteiger partial charge in [0, 0.05) is 45.2 Å².